The van der Waals surface area contributed by atoms with Crippen LogP contribution in [-0.2, 0) is 0 Å². The topological polar surface area (TPSA) is 325 Å². The second-order valence-electron chi connectivity index (χ2n) is 16.8. The van der Waals surface area contributed by atoms with Gasteiger partial charge in [-0.3, -0.25) is 38.4 Å². The van der Waals surface area contributed by atoms with Crippen molar-refractivity contribution in [3.63, 3.8) is 0 Å². The Morgan fingerprint density at radius 3 is 0.988 bits per heavy atom. The van der Waals surface area contributed by atoms with E-state index in [1.54, 1.807) is 52.0 Å². The Hall–Kier alpha value is -9.06. The van der Waals surface area contributed by atoms with Crippen LogP contribution >= 0.6 is 63.7 Å². The molecule has 80 heavy (non-hydrogen) atoms. The Labute approximate surface area is 488 Å². The lowest BCUT2D eigenvalue weighted by Crippen LogP contribution is -2.36. The lowest BCUT2D eigenvalue weighted by molar-refractivity contribution is 0.477. The first-order valence-electron chi connectivity index (χ1n) is 23.1. The molecule has 0 bridgehead atoms. The molecule has 0 aliphatic carbocycles. The molecule has 10 rings (SSSR count). The van der Waals surface area contributed by atoms with Gasteiger partial charge in [0.05, 0.1) is 63.1 Å². The highest BCUT2D eigenvalue weighted by molar-refractivity contribution is 9.11. The number of phenolic OH excluding ortho intramolecular Hbond substituents is 2. The highest BCUT2D eigenvalue weighted by Gasteiger charge is 2.23. The summed E-state index contributed by atoms with van der Waals surface area (Å²) in [6.07, 6.45) is 0. The van der Waals surface area contributed by atoms with Crippen molar-refractivity contribution in [3.8, 4) is 23.6 Å². The van der Waals surface area contributed by atoms with Gasteiger partial charge in [0.25, 0.3) is 10.9 Å². The van der Waals surface area contributed by atoms with Crippen molar-refractivity contribution in [2.24, 2.45) is 0 Å². The van der Waals surface area contributed by atoms with Crippen LogP contribution in [0, 0.1) is 50.4 Å². The van der Waals surface area contributed by atoms with Gasteiger partial charge >= 0.3 is 0 Å². The second kappa shape index (κ2) is 28.0. The maximum absolute atomic E-state index is 11.8. The minimum Gasteiger partial charge on any atom is -0.506 e. The van der Waals surface area contributed by atoms with E-state index in [4.69, 9.17) is 27.1 Å². The van der Waals surface area contributed by atoms with E-state index in [-0.39, 0.29) is 45.0 Å². The minimum atomic E-state index is -0.673. The van der Waals surface area contributed by atoms with Crippen LogP contribution in [0.4, 0.5) is 56.9 Å². The summed E-state index contributed by atoms with van der Waals surface area (Å²) < 4.78 is 3.42. The quantitative estimate of drug-likeness (QED) is 0.0398. The van der Waals surface area contributed by atoms with Gasteiger partial charge in [-0.2, -0.15) is 10.5 Å². The van der Waals surface area contributed by atoms with Crippen molar-refractivity contribution in [1.82, 2.24) is 0 Å². The van der Waals surface area contributed by atoms with Gasteiger partial charge in [-0.25, -0.2) is 0 Å². The maximum atomic E-state index is 11.8. The Bertz CT molecular complexity index is 4150. The van der Waals surface area contributed by atoms with Crippen LogP contribution in [-0.4, -0.2) is 10.2 Å². The summed E-state index contributed by atoms with van der Waals surface area (Å²) in [6.45, 7) is 6.62. The molecular formula is C58H44Br4N8O10. The average molecular weight is 1330 g/mol. The predicted octanol–water partition coefficient (Wildman–Crippen LogP) is 10.1. The molecule has 0 aliphatic rings. The molecule has 0 saturated carbocycles. The van der Waals surface area contributed by atoms with Crippen molar-refractivity contribution < 1.29 is 10.2 Å². The first-order chi connectivity index (χ1) is 37.9. The summed E-state index contributed by atoms with van der Waals surface area (Å²) in [4.78, 5) is 88.8. The van der Waals surface area contributed by atoms with E-state index in [9.17, 15) is 43.5 Å². The highest BCUT2D eigenvalue weighted by Crippen LogP contribution is 2.32. The van der Waals surface area contributed by atoms with Crippen LogP contribution < -0.4 is 76.2 Å². The number of nitrogens with zero attached hydrogens (tertiary/aromatic N) is 2. The third kappa shape index (κ3) is 15.1. The Morgan fingerprint density at radius 2 is 0.675 bits per heavy atom. The number of nitrogen functional groups attached to an aromatic ring is 2. The molecule has 0 unspecified atom stereocenters. The van der Waals surface area contributed by atoms with E-state index in [2.05, 4.69) is 85.0 Å². The molecule has 0 amide bonds. The summed E-state index contributed by atoms with van der Waals surface area (Å²) in [5.41, 5.74) is 14.6. The second-order valence-corrected chi connectivity index (χ2v) is 20.2. The molecule has 22 heteroatoms. The van der Waals surface area contributed by atoms with E-state index in [0.717, 1.165) is 35.0 Å². The Morgan fingerprint density at radius 1 is 0.362 bits per heavy atom. The van der Waals surface area contributed by atoms with Crippen LogP contribution in [0.25, 0.3) is 0 Å². The molecule has 404 valence electrons. The SMILES string of the molecule is Cc1c(C)c(=O)c1=O.Cc1c(Nc2ccccc2Br)c(=O)c1=O.Cc1c(Nc2ccccc2Br)c(=O)c1=O.N#Cc1ccc(N)c(O)c1.N#Cc1ccc(Nc2c(Nc3ccccc3Br)c(=O)c2=O)c(O)c1.Nc1ccccc1Br. The maximum Gasteiger partial charge on any atom is 0.253 e. The number of para-hydroxylation sites is 4. The summed E-state index contributed by atoms with van der Waals surface area (Å²) in [5, 5.41) is 47.5. The summed E-state index contributed by atoms with van der Waals surface area (Å²) in [5.74, 6) is -0.229. The normalized spacial score (nSPS) is 10.1. The molecule has 0 heterocycles. The number of benzene rings is 6. The van der Waals surface area contributed by atoms with E-state index >= 15 is 0 Å². The molecule has 0 aromatic heterocycles. The van der Waals surface area contributed by atoms with Crippen LogP contribution in [0.2, 0.25) is 0 Å². The molecule has 0 fully saturated rings. The first-order valence-corrected chi connectivity index (χ1v) is 26.3. The number of aromatic hydroxyl groups is 2. The largest absolute Gasteiger partial charge is 0.506 e. The summed E-state index contributed by atoms with van der Waals surface area (Å²) in [7, 11) is 0. The monoisotopic (exact) mass is 1330 g/mol. The van der Waals surface area contributed by atoms with Crippen molar-refractivity contribution in [1.29, 1.82) is 10.5 Å². The number of halogens is 4. The standard InChI is InChI=1S/C17H10BrN3O3.2C11H8BrNO2.C7H6N2O.C6H6BrN.C6H6O2/c18-10-3-1-2-4-11(10)20-14-15(17(24)16(14)23)21-12-6-5-9(8-19)7-13(12)22;2*1-6-9(11(15)10(6)14)13-8-5-3-2-4-7(8)12;8-4-5-1-2-6(9)7(10)3-5;7-5-3-1-2-4-6(5)8;1-3-4(2)6(8)5(3)7/h1-7,20-22H;2*2-5,13H,1H3;1-3,10H,9H2;1-4H,8H2;1-2H3. The van der Waals surface area contributed by atoms with Crippen molar-refractivity contribution in [2.45, 2.75) is 27.7 Å². The van der Waals surface area contributed by atoms with Gasteiger partial charge in [-0.15, -0.1) is 0 Å². The zero-order chi connectivity index (χ0) is 59.1. The van der Waals surface area contributed by atoms with E-state index in [1.807, 2.05) is 91.0 Å². The van der Waals surface area contributed by atoms with E-state index in [1.165, 1.54) is 30.3 Å². The summed E-state index contributed by atoms with van der Waals surface area (Å²) >= 11 is 13.3. The molecule has 0 spiro atoms. The predicted molar refractivity (Wildman–Crippen MR) is 329 cm³/mol. The average Bonchev–Trinajstić information content (AvgIpc) is 3.59. The molecule has 0 radical (unpaired) electrons. The van der Waals surface area contributed by atoms with Gasteiger partial charge < -0.3 is 42.9 Å². The van der Waals surface area contributed by atoms with Crippen LogP contribution in [0.1, 0.15) is 33.4 Å². The van der Waals surface area contributed by atoms with Crippen molar-refractivity contribution >= 4 is 121 Å². The molecule has 10 aromatic carbocycles. The smallest absolute Gasteiger partial charge is 0.253 e. The lowest BCUT2D eigenvalue weighted by atomic mass is 10.1. The van der Waals surface area contributed by atoms with Crippen molar-refractivity contribution in [2.75, 3.05) is 32.7 Å². The van der Waals surface area contributed by atoms with Crippen molar-refractivity contribution in [3.05, 3.63) is 267 Å². The van der Waals surface area contributed by atoms with Crippen LogP contribution in [0.3, 0.4) is 0 Å². The fraction of sp³-hybridized carbons (Fsp3) is 0.0690. The zero-order valence-corrected chi connectivity index (χ0v) is 48.8. The number of nitrogens with one attached hydrogen (secondary N) is 4. The van der Waals surface area contributed by atoms with E-state index in [0.29, 0.717) is 50.6 Å². The van der Waals surface area contributed by atoms with Crippen LogP contribution in [0.5, 0.6) is 11.5 Å². The van der Waals surface area contributed by atoms with Gasteiger partial charge in [-0.05, 0) is 176 Å². The third-order valence-corrected chi connectivity index (χ3v) is 14.3. The Kier molecular flexibility index (Phi) is 21.6. The number of hydrogen-bond acceptors (Lipinski definition) is 18. The van der Waals surface area contributed by atoms with Crippen LogP contribution in [0.15, 0.2) is 190 Å². The highest BCUT2D eigenvalue weighted by atomic mass is 79.9. The lowest BCUT2D eigenvalue weighted by Gasteiger charge is -2.16. The van der Waals surface area contributed by atoms with Gasteiger partial charge in [0.1, 0.15) is 22.9 Å². The van der Waals surface area contributed by atoms with E-state index < -0.39 is 32.6 Å². The molecule has 0 aliphatic heterocycles. The number of anilines is 10. The molecule has 18 nitrogen and oxygen atoms in total. The Balaban J connectivity index is 0.000000185. The molecule has 10 N–H and O–H groups in total. The fourth-order valence-corrected chi connectivity index (χ4v) is 8.02. The molecule has 10 aromatic rings. The van der Waals surface area contributed by atoms with Gasteiger partial charge in [0, 0.05) is 45.8 Å². The number of phenols is 2. The number of rotatable bonds is 8. The van der Waals surface area contributed by atoms with Gasteiger partial charge in [-0.1, -0.05) is 48.5 Å². The number of nitrogens with two attached hydrogens (primary N) is 2. The minimum absolute atomic E-state index is 0.0425. The number of hydrogen-bond donors (Lipinski definition) is 8. The van der Waals surface area contributed by atoms with Gasteiger partial charge in [0.15, 0.2) is 0 Å². The molecular weight excluding hydrogens is 1290 g/mol. The first kappa shape index (κ1) is 61.8. The molecule has 0 saturated heterocycles. The summed E-state index contributed by atoms with van der Waals surface area (Å²) in [6, 6.07) is 42.0. The third-order valence-electron chi connectivity index (χ3n) is 11.5. The fourth-order valence-electron chi connectivity index (χ4n) is 6.58. The number of nitriles is 2. The zero-order valence-electron chi connectivity index (χ0n) is 42.4. The van der Waals surface area contributed by atoms with Gasteiger partial charge in [0.2, 0.25) is 32.6 Å². The molecule has 0 atom stereocenters.